The van der Waals surface area contributed by atoms with Crippen molar-refractivity contribution in [2.24, 2.45) is 0 Å². The van der Waals surface area contributed by atoms with E-state index in [1.165, 1.54) is 98.4 Å². The fourth-order valence-electron chi connectivity index (χ4n) is 7.90. The topological polar surface area (TPSA) is 0 Å². The highest BCUT2D eigenvalue weighted by atomic mass is 14.2. The molecule has 10 rings (SSSR count). The van der Waals surface area contributed by atoms with Crippen molar-refractivity contribution in [1.29, 1.82) is 0 Å². The van der Waals surface area contributed by atoms with E-state index in [1.54, 1.807) is 0 Å². The van der Waals surface area contributed by atoms with Gasteiger partial charge in [0.2, 0.25) is 0 Å². The largest absolute Gasteiger partial charge is 0.0622 e. The van der Waals surface area contributed by atoms with Crippen LogP contribution < -0.4 is 0 Å². The minimum atomic E-state index is 1.23. The predicted molar refractivity (Wildman–Crippen MR) is 216 cm³/mol. The Balaban J connectivity index is 1.07. The summed E-state index contributed by atoms with van der Waals surface area (Å²) in [6.07, 6.45) is 0. The first kappa shape index (κ1) is 28.5. The fourth-order valence-corrected chi connectivity index (χ4v) is 7.90. The summed E-state index contributed by atoms with van der Waals surface area (Å²) in [6, 6.07) is 71.4. The van der Waals surface area contributed by atoms with E-state index in [9.17, 15) is 0 Å². The SMILES string of the molecule is c1ccc(-c2cc3ccccc3cc2-c2ccc3c(ccc4cc(-c5ccc(-c6ccc7ccccc7c6)c6ccccc56)ccc43)c2)cc1. The zero-order chi connectivity index (χ0) is 33.0. The molecule has 0 radical (unpaired) electrons. The number of fused-ring (bicyclic) bond motifs is 6. The maximum absolute atomic E-state index is 2.36. The Morgan fingerprint density at radius 3 is 1.16 bits per heavy atom. The molecule has 0 amide bonds. The van der Waals surface area contributed by atoms with Crippen molar-refractivity contribution in [3.8, 4) is 44.5 Å². The molecular formula is C50H32. The molecule has 0 N–H and O–H groups in total. The van der Waals surface area contributed by atoms with Crippen LogP contribution in [0, 0.1) is 0 Å². The van der Waals surface area contributed by atoms with Gasteiger partial charge in [-0.05, 0) is 129 Å². The third-order valence-electron chi connectivity index (χ3n) is 10.4. The van der Waals surface area contributed by atoms with E-state index in [2.05, 4.69) is 194 Å². The summed E-state index contributed by atoms with van der Waals surface area (Å²) in [5.74, 6) is 0. The number of hydrogen-bond acceptors (Lipinski definition) is 0. The average molecular weight is 633 g/mol. The Morgan fingerprint density at radius 1 is 0.180 bits per heavy atom. The van der Waals surface area contributed by atoms with Crippen molar-refractivity contribution in [1.82, 2.24) is 0 Å². The van der Waals surface area contributed by atoms with E-state index < -0.39 is 0 Å². The number of hydrogen-bond donors (Lipinski definition) is 0. The van der Waals surface area contributed by atoms with Gasteiger partial charge in [0.25, 0.3) is 0 Å². The highest BCUT2D eigenvalue weighted by molar-refractivity contribution is 6.12. The summed E-state index contributed by atoms with van der Waals surface area (Å²) in [5, 5.41) is 12.6. The van der Waals surface area contributed by atoms with Gasteiger partial charge in [0.05, 0.1) is 0 Å². The second-order valence-electron chi connectivity index (χ2n) is 13.3. The van der Waals surface area contributed by atoms with Crippen LogP contribution in [0.5, 0.6) is 0 Å². The molecule has 232 valence electrons. The quantitative estimate of drug-likeness (QED) is 0.169. The number of benzene rings is 10. The Kier molecular flexibility index (Phi) is 6.60. The first-order valence-electron chi connectivity index (χ1n) is 17.3. The third kappa shape index (κ3) is 4.77. The second-order valence-corrected chi connectivity index (χ2v) is 13.3. The summed E-state index contributed by atoms with van der Waals surface area (Å²) in [7, 11) is 0. The van der Waals surface area contributed by atoms with Crippen LogP contribution in [-0.4, -0.2) is 0 Å². The highest BCUT2D eigenvalue weighted by Crippen LogP contribution is 2.40. The molecule has 0 nitrogen and oxygen atoms in total. The van der Waals surface area contributed by atoms with Crippen molar-refractivity contribution >= 4 is 53.9 Å². The molecule has 50 heavy (non-hydrogen) atoms. The van der Waals surface area contributed by atoms with Crippen LogP contribution in [0.15, 0.2) is 194 Å². The van der Waals surface area contributed by atoms with Crippen LogP contribution in [-0.2, 0) is 0 Å². The zero-order valence-electron chi connectivity index (χ0n) is 27.5. The zero-order valence-corrected chi connectivity index (χ0v) is 27.5. The molecule has 10 aromatic rings. The summed E-state index contributed by atoms with van der Waals surface area (Å²) < 4.78 is 0. The normalized spacial score (nSPS) is 11.6. The molecule has 0 saturated carbocycles. The van der Waals surface area contributed by atoms with Crippen LogP contribution >= 0.6 is 0 Å². The third-order valence-corrected chi connectivity index (χ3v) is 10.4. The van der Waals surface area contributed by atoms with Crippen molar-refractivity contribution in [3.05, 3.63) is 194 Å². The van der Waals surface area contributed by atoms with Crippen molar-refractivity contribution in [2.75, 3.05) is 0 Å². The van der Waals surface area contributed by atoms with Gasteiger partial charge in [-0.15, -0.1) is 0 Å². The summed E-state index contributed by atoms with van der Waals surface area (Å²) in [4.78, 5) is 0. The lowest BCUT2D eigenvalue weighted by atomic mass is 9.89. The van der Waals surface area contributed by atoms with Gasteiger partial charge in [-0.1, -0.05) is 164 Å². The predicted octanol–water partition coefficient (Wildman–Crippen LogP) is 14.1. The van der Waals surface area contributed by atoms with Crippen LogP contribution in [0.2, 0.25) is 0 Å². The molecule has 0 heteroatoms. The molecular weight excluding hydrogens is 601 g/mol. The maximum atomic E-state index is 2.36. The Labute approximate surface area is 291 Å². The summed E-state index contributed by atoms with van der Waals surface area (Å²) in [6.45, 7) is 0. The highest BCUT2D eigenvalue weighted by Gasteiger charge is 2.14. The first-order chi connectivity index (χ1) is 24.8. The van der Waals surface area contributed by atoms with Crippen molar-refractivity contribution in [2.45, 2.75) is 0 Å². The molecule has 0 unspecified atom stereocenters. The lowest BCUT2D eigenvalue weighted by Gasteiger charge is -2.15. The lowest BCUT2D eigenvalue weighted by Crippen LogP contribution is -1.88. The Hall–Kier alpha value is -6.50. The van der Waals surface area contributed by atoms with E-state index in [-0.39, 0.29) is 0 Å². The van der Waals surface area contributed by atoms with Gasteiger partial charge in [0.15, 0.2) is 0 Å². The van der Waals surface area contributed by atoms with E-state index in [4.69, 9.17) is 0 Å². The molecule has 0 saturated heterocycles. The molecule has 0 heterocycles. The van der Waals surface area contributed by atoms with Gasteiger partial charge in [-0.25, -0.2) is 0 Å². The second kappa shape index (κ2) is 11.6. The Bertz CT molecular complexity index is 2910. The standard InChI is InChI=1S/C50H32/c1-2-11-34(12-3-1)49-31-36-14-6-7-15-37(36)32-50(49)42-23-25-44-40(30-42)21-20-39-29-41(22-24-43(39)44)46-27-26-45(47-16-8-9-17-48(46)47)38-19-18-33-10-4-5-13-35(33)28-38/h1-32H. The first-order valence-corrected chi connectivity index (χ1v) is 17.3. The molecule has 0 aliphatic heterocycles. The monoisotopic (exact) mass is 632 g/mol. The van der Waals surface area contributed by atoms with Crippen LogP contribution in [0.4, 0.5) is 0 Å². The van der Waals surface area contributed by atoms with Gasteiger partial charge in [0, 0.05) is 0 Å². The molecule has 0 aliphatic carbocycles. The number of rotatable bonds is 4. The van der Waals surface area contributed by atoms with E-state index in [1.807, 2.05) is 0 Å². The summed E-state index contributed by atoms with van der Waals surface area (Å²) in [5.41, 5.74) is 9.98. The Morgan fingerprint density at radius 2 is 0.580 bits per heavy atom. The van der Waals surface area contributed by atoms with E-state index in [0.717, 1.165) is 0 Å². The maximum Gasteiger partial charge on any atom is -0.00988 e. The molecule has 0 spiro atoms. The van der Waals surface area contributed by atoms with Gasteiger partial charge < -0.3 is 0 Å². The smallest absolute Gasteiger partial charge is 0.00988 e. The van der Waals surface area contributed by atoms with Crippen LogP contribution in [0.25, 0.3) is 98.4 Å². The lowest BCUT2D eigenvalue weighted by molar-refractivity contribution is 1.62. The molecule has 0 bridgehead atoms. The molecule has 10 aromatic carbocycles. The van der Waals surface area contributed by atoms with E-state index >= 15 is 0 Å². The average Bonchev–Trinajstić information content (AvgIpc) is 3.19. The summed E-state index contributed by atoms with van der Waals surface area (Å²) >= 11 is 0. The van der Waals surface area contributed by atoms with E-state index in [0.29, 0.717) is 0 Å². The van der Waals surface area contributed by atoms with Crippen molar-refractivity contribution in [3.63, 3.8) is 0 Å². The van der Waals surface area contributed by atoms with Crippen LogP contribution in [0.1, 0.15) is 0 Å². The molecule has 0 aliphatic rings. The minimum absolute atomic E-state index is 1.23. The molecule has 0 aromatic heterocycles. The fraction of sp³-hybridized carbons (Fsp3) is 0. The molecule has 0 fully saturated rings. The van der Waals surface area contributed by atoms with Crippen molar-refractivity contribution < 1.29 is 0 Å². The minimum Gasteiger partial charge on any atom is -0.0622 e. The molecule has 0 atom stereocenters. The van der Waals surface area contributed by atoms with Gasteiger partial charge >= 0.3 is 0 Å². The van der Waals surface area contributed by atoms with Gasteiger partial charge in [0.1, 0.15) is 0 Å². The van der Waals surface area contributed by atoms with Gasteiger partial charge in [-0.2, -0.15) is 0 Å². The van der Waals surface area contributed by atoms with Crippen LogP contribution in [0.3, 0.4) is 0 Å². The van der Waals surface area contributed by atoms with Gasteiger partial charge in [-0.3, -0.25) is 0 Å².